The van der Waals surface area contributed by atoms with E-state index < -0.39 is 41.4 Å². The number of alkyl carbamates (subject to hydrolysis) is 1. The molecule has 1 unspecified atom stereocenters. The SMILES string of the molecule is CC(C)(C)OC(=O)NCCCCCOCC#Cc1cccc2c1C(=O)N(C1CCC(=O)NC1=O)C2=O. The number of ether oxygens (including phenoxy) is 2. The third kappa shape index (κ3) is 6.92. The molecule has 2 aliphatic rings. The Kier molecular flexibility index (Phi) is 8.83. The van der Waals surface area contributed by atoms with Crippen molar-refractivity contribution in [3.63, 3.8) is 0 Å². The molecule has 5 amide bonds. The molecule has 0 bridgehead atoms. The number of nitrogens with zero attached hydrogens (tertiary/aromatic N) is 1. The summed E-state index contributed by atoms with van der Waals surface area (Å²) in [6.45, 7) is 6.60. The van der Waals surface area contributed by atoms with Gasteiger partial charge in [-0.15, -0.1) is 0 Å². The van der Waals surface area contributed by atoms with Crippen LogP contribution < -0.4 is 10.6 Å². The van der Waals surface area contributed by atoms with Gasteiger partial charge in [-0.3, -0.25) is 29.4 Å². The molecule has 1 aromatic carbocycles. The van der Waals surface area contributed by atoms with E-state index >= 15 is 0 Å². The van der Waals surface area contributed by atoms with Gasteiger partial charge in [0.25, 0.3) is 11.8 Å². The highest BCUT2D eigenvalue weighted by atomic mass is 16.6. The Balaban J connectivity index is 1.44. The van der Waals surface area contributed by atoms with Crippen molar-refractivity contribution in [1.82, 2.24) is 15.5 Å². The lowest BCUT2D eigenvalue weighted by molar-refractivity contribution is -0.136. The van der Waals surface area contributed by atoms with Crippen molar-refractivity contribution in [2.24, 2.45) is 0 Å². The molecule has 1 atom stereocenters. The van der Waals surface area contributed by atoms with Crippen molar-refractivity contribution in [3.05, 3.63) is 34.9 Å². The van der Waals surface area contributed by atoms with Gasteiger partial charge in [0.15, 0.2) is 0 Å². The van der Waals surface area contributed by atoms with E-state index in [4.69, 9.17) is 9.47 Å². The number of amides is 5. The normalized spacial score (nSPS) is 17.3. The maximum absolute atomic E-state index is 13.0. The number of hydrogen-bond donors (Lipinski definition) is 2. The topological polar surface area (TPSA) is 131 Å². The molecule has 1 fully saturated rings. The summed E-state index contributed by atoms with van der Waals surface area (Å²) in [7, 11) is 0. The van der Waals surface area contributed by atoms with Crippen LogP contribution >= 0.6 is 0 Å². The summed E-state index contributed by atoms with van der Waals surface area (Å²) in [5.41, 5.74) is 0.223. The number of nitrogens with one attached hydrogen (secondary N) is 2. The highest BCUT2D eigenvalue weighted by molar-refractivity contribution is 6.24. The first kappa shape index (κ1) is 26.9. The first-order valence-corrected chi connectivity index (χ1v) is 12.0. The first-order chi connectivity index (χ1) is 17.1. The molecule has 0 aliphatic carbocycles. The van der Waals surface area contributed by atoms with Crippen LogP contribution in [0.5, 0.6) is 0 Å². The van der Waals surface area contributed by atoms with Gasteiger partial charge in [0.05, 0.1) is 11.1 Å². The monoisotopic (exact) mass is 497 g/mol. The Morgan fingerprint density at radius 1 is 1.14 bits per heavy atom. The third-order valence-electron chi connectivity index (χ3n) is 5.50. The zero-order valence-corrected chi connectivity index (χ0v) is 20.8. The average molecular weight is 498 g/mol. The van der Waals surface area contributed by atoms with Gasteiger partial charge in [-0.25, -0.2) is 4.79 Å². The highest BCUT2D eigenvalue weighted by Gasteiger charge is 2.45. The zero-order chi connectivity index (χ0) is 26.3. The minimum absolute atomic E-state index is 0.0636. The minimum Gasteiger partial charge on any atom is -0.444 e. The lowest BCUT2D eigenvalue weighted by Gasteiger charge is -2.27. The van der Waals surface area contributed by atoms with Crippen molar-refractivity contribution < 1.29 is 33.4 Å². The van der Waals surface area contributed by atoms with E-state index in [1.807, 2.05) is 20.8 Å². The Morgan fingerprint density at radius 3 is 2.64 bits per heavy atom. The fourth-order valence-corrected chi connectivity index (χ4v) is 3.88. The minimum atomic E-state index is -1.02. The third-order valence-corrected chi connectivity index (χ3v) is 5.50. The van der Waals surface area contributed by atoms with Crippen LogP contribution in [0, 0.1) is 11.8 Å². The summed E-state index contributed by atoms with van der Waals surface area (Å²) < 4.78 is 10.7. The summed E-state index contributed by atoms with van der Waals surface area (Å²) in [5.74, 6) is 3.53. The fraction of sp³-hybridized carbons (Fsp3) is 0.500. The first-order valence-electron chi connectivity index (χ1n) is 12.0. The van der Waals surface area contributed by atoms with Crippen LogP contribution in [0.15, 0.2) is 18.2 Å². The van der Waals surface area contributed by atoms with Crippen LogP contribution in [0.3, 0.4) is 0 Å². The molecule has 192 valence electrons. The molecular formula is C26H31N3O7. The average Bonchev–Trinajstić information content (AvgIpc) is 3.05. The number of carbonyl (C=O) groups excluding carboxylic acids is 5. The van der Waals surface area contributed by atoms with Gasteiger partial charge in [0, 0.05) is 25.1 Å². The highest BCUT2D eigenvalue weighted by Crippen LogP contribution is 2.29. The van der Waals surface area contributed by atoms with E-state index in [0.717, 1.165) is 24.2 Å². The van der Waals surface area contributed by atoms with Gasteiger partial charge >= 0.3 is 6.09 Å². The molecule has 10 nitrogen and oxygen atoms in total. The van der Waals surface area contributed by atoms with Crippen molar-refractivity contribution >= 4 is 29.7 Å². The van der Waals surface area contributed by atoms with Gasteiger partial charge in [-0.05, 0) is 58.6 Å². The lowest BCUT2D eigenvalue weighted by Crippen LogP contribution is -2.54. The van der Waals surface area contributed by atoms with Crippen molar-refractivity contribution in [2.75, 3.05) is 19.8 Å². The molecule has 3 rings (SSSR count). The standard InChI is InChI=1S/C26H31N3O7/c1-26(2,3)36-25(34)27-14-5-4-6-15-35-16-8-10-17-9-7-11-18-21(17)24(33)29(23(18)32)19-12-13-20(30)28-22(19)31/h7,9,11,19H,4-6,12-16H2,1-3H3,(H,27,34)(H,28,30,31). The smallest absolute Gasteiger partial charge is 0.407 e. The van der Waals surface area contributed by atoms with E-state index in [1.54, 1.807) is 12.1 Å². The Morgan fingerprint density at radius 2 is 1.92 bits per heavy atom. The lowest BCUT2D eigenvalue weighted by atomic mass is 10.0. The second-order valence-corrected chi connectivity index (χ2v) is 9.52. The Hall–Kier alpha value is -3.71. The van der Waals surface area contributed by atoms with Crippen LogP contribution in [0.4, 0.5) is 4.79 Å². The van der Waals surface area contributed by atoms with Crippen LogP contribution in [-0.2, 0) is 19.1 Å². The summed E-state index contributed by atoms with van der Waals surface area (Å²) >= 11 is 0. The molecular weight excluding hydrogens is 466 g/mol. The number of unbranched alkanes of at least 4 members (excludes halogenated alkanes) is 2. The molecule has 0 saturated carbocycles. The van der Waals surface area contributed by atoms with Crippen LogP contribution in [0.25, 0.3) is 0 Å². The number of fused-ring (bicyclic) bond motifs is 1. The van der Waals surface area contributed by atoms with Gasteiger partial charge in [0.1, 0.15) is 18.2 Å². The molecule has 1 saturated heterocycles. The molecule has 10 heteroatoms. The number of rotatable bonds is 8. The van der Waals surface area contributed by atoms with E-state index in [9.17, 15) is 24.0 Å². The number of piperidine rings is 1. The summed E-state index contributed by atoms with van der Waals surface area (Å²) in [6, 6.07) is 3.79. The van der Waals surface area contributed by atoms with E-state index in [2.05, 4.69) is 22.5 Å². The zero-order valence-electron chi connectivity index (χ0n) is 20.8. The number of imide groups is 2. The fourth-order valence-electron chi connectivity index (χ4n) is 3.88. The van der Waals surface area contributed by atoms with Crippen molar-refractivity contribution in [2.45, 2.75) is 64.5 Å². The predicted molar refractivity (Wildman–Crippen MR) is 129 cm³/mol. The summed E-state index contributed by atoms with van der Waals surface area (Å²) in [5, 5.41) is 4.89. The molecule has 36 heavy (non-hydrogen) atoms. The molecule has 1 aromatic rings. The van der Waals surface area contributed by atoms with Gasteiger partial charge in [0.2, 0.25) is 11.8 Å². The Labute approximate surface area is 210 Å². The van der Waals surface area contributed by atoms with Crippen molar-refractivity contribution in [1.29, 1.82) is 0 Å². The van der Waals surface area contributed by atoms with Crippen LogP contribution in [-0.4, -0.2) is 66.0 Å². The van der Waals surface area contributed by atoms with Gasteiger partial charge in [-0.2, -0.15) is 0 Å². The Bertz CT molecular complexity index is 1110. The molecule has 0 spiro atoms. The molecule has 2 N–H and O–H groups in total. The van der Waals surface area contributed by atoms with Crippen LogP contribution in [0.2, 0.25) is 0 Å². The predicted octanol–water partition coefficient (Wildman–Crippen LogP) is 2.15. The van der Waals surface area contributed by atoms with Crippen molar-refractivity contribution in [3.8, 4) is 11.8 Å². The van der Waals surface area contributed by atoms with E-state index in [0.29, 0.717) is 18.7 Å². The summed E-state index contributed by atoms with van der Waals surface area (Å²) in [4.78, 5) is 62.0. The number of benzene rings is 1. The van der Waals surface area contributed by atoms with E-state index in [1.165, 1.54) is 6.07 Å². The second kappa shape index (κ2) is 11.8. The summed E-state index contributed by atoms with van der Waals surface area (Å²) in [6.07, 6.45) is 2.19. The quantitative estimate of drug-likeness (QED) is 0.320. The maximum Gasteiger partial charge on any atom is 0.407 e. The maximum atomic E-state index is 13.0. The molecule has 0 aromatic heterocycles. The van der Waals surface area contributed by atoms with Gasteiger partial charge in [-0.1, -0.05) is 17.9 Å². The van der Waals surface area contributed by atoms with Gasteiger partial charge < -0.3 is 14.8 Å². The number of hydrogen-bond acceptors (Lipinski definition) is 7. The molecule has 2 aliphatic heterocycles. The molecule has 2 heterocycles. The van der Waals surface area contributed by atoms with E-state index in [-0.39, 0.29) is 30.6 Å². The largest absolute Gasteiger partial charge is 0.444 e. The van der Waals surface area contributed by atoms with Crippen LogP contribution in [0.1, 0.15) is 79.2 Å². The number of carbonyl (C=O) groups is 5. The molecule has 0 radical (unpaired) electrons. The second-order valence-electron chi connectivity index (χ2n) is 9.52.